The number of carbonyl (C=O) groups is 1. The lowest BCUT2D eigenvalue weighted by Crippen LogP contribution is -2.17. The molecule has 1 aliphatic heterocycles. The number of aryl methyl sites for hydroxylation is 1. The van der Waals surface area contributed by atoms with Gasteiger partial charge in [-0.1, -0.05) is 12.1 Å². The number of benzene rings is 2. The number of ether oxygens (including phenoxy) is 3. The Balaban J connectivity index is 1.68. The molecule has 0 saturated carbocycles. The fourth-order valence-electron chi connectivity index (χ4n) is 4.22. The van der Waals surface area contributed by atoms with Crippen molar-refractivity contribution < 1.29 is 23.4 Å². The van der Waals surface area contributed by atoms with Crippen molar-refractivity contribution in [2.24, 2.45) is 0 Å². The Bertz CT molecular complexity index is 1330. The zero-order valence-corrected chi connectivity index (χ0v) is 19.1. The number of hydrogen-bond acceptors (Lipinski definition) is 5. The first-order chi connectivity index (χ1) is 16.1. The molecule has 4 aromatic rings. The number of fused-ring (bicyclic) bond motifs is 3. The fourth-order valence-corrected chi connectivity index (χ4v) is 4.97. The molecule has 2 aromatic carbocycles. The summed E-state index contributed by atoms with van der Waals surface area (Å²) in [4.78, 5) is 13.8. The third kappa shape index (κ3) is 3.89. The summed E-state index contributed by atoms with van der Waals surface area (Å²) in [6, 6.07) is 15.8. The first kappa shape index (κ1) is 21.3. The minimum atomic E-state index is -0.377. The number of halogens is 1. The summed E-state index contributed by atoms with van der Waals surface area (Å²) < 4.78 is 32.7. The molecule has 33 heavy (non-hydrogen) atoms. The average molecular weight is 464 g/mol. The summed E-state index contributed by atoms with van der Waals surface area (Å²) in [5.41, 5.74) is 4.48. The van der Waals surface area contributed by atoms with Crippen LogP contribution in [0.15, 0.2) is 60.0 Å². The normalized spacial score (nSPS) is 12.1. The van der Waals surface area contributed by atoms with Crippen LogP contribution in [0.1, 0.15) is 23.0 Å². The maximum absolute atomic E-state index is 13.7. The minimum Gasteiger partial charge on any atom is -0.493 e. The number of aromatic nitrogens is 1. The zero-order valence-electron chi connectivity index (χ0n) is 18.3. The molecule has 0 bridgehead atoms. The van der Waals surface area contributed by atoms with Gasteiger partial charge in [0.25, 0.3) is 0 Å². The van der Waals surface area contributed by atoms with Crippen molar-refractivity contribution in [2.45, 2.75) is 19.9 Å². The van der Waals surface area contributed by atoms with E-state index in [-0.39, 0.29) is 11.8 Å². The van der Waals surface area contributed by atoms with Crippen LogP contribution in [0.5, 0.6) is 17.2 Å². The second-order valence-corrected chi connectivity index (χ2v) is 8.56. The molecular weight excluding hydrogens is 441 g/mol. The molecule has 1 aliphatic rings. The number of thiophene rings is 1. The fraction of sp³-hybridized carbons (Fsp3) is 0.192. The Labute approximate surface area is 195 Å². The molecule has 0 saturated heterocycles. The zero-order chi connectivity index (χ0) is 22.9. The van der Waals surface area contributed by atoms with Crippen LogP contribution in [0.3, 0.4) is 0 Å². The molecule has 7 heteroatoms. The van der Waals surface area contributed by atoms with E-state index in [1.807, 2.05) is 40.3 Å². The molecule has 3 heterocycles. The van der Waals surface area contributed by atoms with Crippen LogP contribution in [0.2, 0.25) is 0 Å². The van der Waals surface area contributed by atoms with Gasteiger partial charge in [0.05, 0.1) is 19.4 Å². The Morgan fingerprint density at radius 3 is 2.70 bits per heavy atom. The van der Waals surface area contributed by atoms with E-state index >= 15 is 0 Å². The van der Waals surface area contributed by atoms with Crippen LogP contribution in [0, 0.1) is 5.82 Å². The molecule has 2 aromatic heterocycles. The second kappa shape index (κ2) is 8.75. The van der Waals surface area contributed by atoms with E-state index in [1.165, 1.54) is 12.1 Å². The van der Waals surface area contributed by atoms with E-state index in [0.717, 1.165) is 33.7 Å². The van der Waals surface area contributed by atoms with E-state index < -0.39 is 0 Å². The van der Waals surface area contributed by atoms with E-state index in [1.54, 1.807) is 37.5 Å². The highest BCUT2D eigenvalue weighted by molar-refractivity contribution is 7.13. The molecule has 0 radical (unpaired) electrons. The van der Waals surface area contributed by atoms with Gasteiger partial charge in [0, 0.05) is 28.6 Å². The number of rotatable bonds is 6. The summed E-state index contributed by atoms with van der Waals surface area (Å²) in [5, 5.41) is 2.01. The lowest BCUT2D eigenvalue weighted by molar-refractivity contribution is 0.0514. The van der Waals surface area contributed by atoms with Gasteiger partial charge in [0.15, 0.2) is 11.5 Å². The van der Waals surface area contributed by atoms with Crippen molar-refractivity contribution in [3.05, 3.63) is 77.1 Å². The number of carbonyl (C=O) groups excluding carboxylic acids is 1. The summed E-state index contributed by atoms with van der Waals surface area (Å²) in [6.07, 6.45) is 0.726. The van der Waals surface area contributed by atoms with Gasteiger partial charge in [-0.05, 0) is 60.7 Å². The van der Waals surface area contributed by atoms with Gasteiger partial charge in [-0.25, -0.2) is 9.18 Å². The molecule has 0 N–H and O–H groups in total. The predicted octanol–water partition coefficient (Wildman–Crippen LogP) is 6.56. The quantitative estimate of drug-likeness (QED) is 0.304. The molecule has 0 aliphatic carbocycles. The number of nitrogens with zero attached hydrogens (tertiary/aromatic N) is 1. The van der Waals surface area contributed by atoms with Crippen molar-refractivity contribution in [3.63, 3.8) is 0 Å². The molecular formula is C26H22FNO4S. The van der Waals surface area contributed by atoms with Gasteiger partial charge in [-0.15, -0.1) is 11.3 Å². The smallest absolute Gasteiger partial charge is 0.354 e. The molecule has 0 fully saturated rings. The summed E-state index contributed by atoms with van der Waals surface area (Å²) in [7, 11) is 1.58. The molecule has 5 nitrogen and oxygen atoms in total. The topological polar surface area (TPSA) is 49.7 Å². The van der Waals surface area contributed by atoms with E-state index in [9.17, 15) is 9.18 Å². The van der Waals surface area contributed by atoms with Crippen molar-refractivity contribution in [2.75, 3.05) is 13.7 Å². The first-order valence-corrected chi connectivity index (χ1v) is 11.6. The van der Waals surface area contributed by atoms with Gasteiger partial charge in [0.1, 0.15) is 17.3 Å². The molecule has 5 rings (SSSR count). The predicted molar refractivity (Wildman–Crippen MR) is 126 cm³/mol. The lowest BCUT2D eigenvalue weighted by atomic mass is 9.95. The third-order valence-electron chi connectivity index (χ3n) is 5.64. The Kier molecular flexibility index (Phi) is 5.64. The van der Waals surface area contributed by atoms with E-state index in [4.69, 9.17) is 14.2 Å². The number of esters is 1. The maximum atomic E-state index is 13.7. The van der Waals surface area contributed by atoms with Gasteiger partial charge in [-0.2, -0.15) is 0 Å². The monoisotopic (exact) mass is 463 g/mol. The van der Waals surface area contributed by atoms with Crippen LogP contribution in [0.25, 0.3) is 21.7 Å². The molecule has 0 spiro atoms. The summed E-state index contributed by atoms with van der Waals surface area (Å²) in [5.74, 6) is 0.713. The largest absolute Gasteiger partial charge is 0.493 e. The molecule has 0 amide bonds. The first-order valence-electron chi connectivity index (χ1n) is 10.7. The van der Waals surface area contributed by atoms with Crippen molar-refractivity contribution in [1.29, 1.82) is 0 Å². The van der Waals surface area contributed by atoms with Crippen LogP contribution < -0.4 is 9.47 Å². The average Bonchev–Trinajstić information content (AvgIpc) is 3.47. The van der Waals surface area contributed by atoms with E-state index in [0.29, 0.717) is 36.1 Å². The number of hydrogen-bond donors (Lipinski definition) is 0. The number of methoxy groups -OCH3 is 1. The Morgan fingerprint density at radius 1 is 1.09 bits per heavy atom. The molecule has 0 atom stereocenters. The van der Waals surface area contributed by atoms with Crippen LogP contribution in [0.4, 0.5) is 4.39 Å². The van der Waals surface area contributed by atoms with Crippen molar-refractivity contribution in [3.8, 4) is 38.9 Å². The Hall–Kier alpha value is -3.58. The third-order valence-corrected chi connectivity index (χ3v) is 6.54. The van der Waals surface area contributed by atoms with Gasteiger partial charge >= 0.3 is 5.97 Å². The van der Waals surface area contributed by atoms with Gasteiger partial charge in [0.2, 0.25) is 0 Å². The summed E-state index contributed by atoms with van der Waals surface area (Å²) in [6.45, 7) is 2.76. The highest BCUT2D eigenvalue weighted by atomic mass is 32.1. The van der Waals surface area contributed by atoms with Crippen molar-refractivity contribution in [1.82, 2.24) is 4.57 Å². The van der Waals surface area contributed by atoms with Crippen LogP contribution >= 0.6 is 11.3 Å². The highest BCUT2D eigenvalue weighted by Crippen LogP contribution is 2.46. The van der Waals surface area contributed by atoms with Crippen LogP contribution in [-0.4, -0.2) is 24.3 Å². The van der Waals surface area contributed by atoms with E-state index in [2.05, 4.69) is 0 Å². The summed E-state index contributed by atoms with van der Waals surface area (Å²) >= 11 is 1.61. The van der Waals surface area contributed by atoms with Gasteiger partial charge < -0.3 is 18.8 Å². The standard InChI is InChI=1S/C26H22FNO4S/c1-3-31-26(29)21-14-20(24-8-5-11-33-24)25-19-15-23(32-18-7-4-6-17(27)13-18)22(30-2)12-16(19)9-10-28(21)25/h4-8,11-15H,3,9-10H2,1-2H3. The van der Waals surface area contributed by atoms with Gasteiger partial charge in [-0.3, -0.25) is 0 Å². The lowest BCUT2D eigenvalue weighted by Gasteiger charge is -2.24. The van der Waals surface area contributed by atoms with Crippen molar-refractivity contribution >= 4 is 17.3 Å². The minimum absolute atomic E-state index is 0.313. The second-order valence-electron chi connectivity index (χ2n) is 7.61. The highest BCUT2D eigenvalue weighted by Gasteiger charge is 2.29. The SMILES string of the molecule is CCOC(=O)c1cc(-c2cccs2)c2n1CCc1cc(OC)c(Oc3cccc(F)c3)cc1-2. The maximum Gasteiger partial charge on any atom is 0.354 e. The Morgan fingerprint density at radius 2 is 1.97 bits per heavy atom. The van der Waals surface area contributed by atoms with Crippen LogP contribution in [-0.2, 0) is 17.7 Å². The molecule has 0 unspecified atom stereocenters. The molecule has 168 valence electrons.